The van der Waals surface area contributed by atoms with Crippen molar-refractivity contribution >= 4 is 0 Å². The molecular weight excluding hydrogens is 326 g/mol. The molecule has 0 heterocycles. The SMILES string of the molecule is C=CCC/C(F)=C(\F)C1CCC(C2CCC(c3ccccc3)CC2)CC1. The Balaban J connectivity index is 1.46. The lowest BCUT2D eigenvalue weighted by molar-refractivity contribution is 0.160. The number of hydrogen-bond acceptors (Lipinski definition) is 0. The molecule has 0 atom stereocenters. The number of rotatable bonds is 6. The zero-order chi connectivity index (χ0) is 18.4. The fourth-order valence-electron chi connectivity index (χ4n) is 5.06. The third kappa shape index (κ3) is 4.84. The second-order valence-electron chi connectivity index (χ2n) is 8.21. The van der Waals surface area contributed by atoms with E-state index in [1.165, 1.54) is 31.2 Å². The van der Waals surface area contributed by atoms with Crippen LogP contribution in [0.1, 0.15) is 75.7 Å². The maximum absolute atomic E-state index is 14.3. The molecule has 1 aromatic carbocycles. The summed E-state index contributed by atoms with van der Waals surface area (Å²) in [6, 6.07) is 10.9. The average Bonchev–Trinajstić information content (AvgIpc) is 2.72. The molecule has 2 aliphatic carbocycles. The lowest BCUT2D eigenvalue weighted by Crippen LogP contribution is -2.25. The topological polar surface area (TPSA) is 0 Å². The first-order chi connectivity index (χ1) is 12.7. The Hall–Kier alpha value is -1.44. The Kier molecular flexibility index (Phi) is 7.05. The Morgan fingerprint density at radius 3 is 2.04 bits per heavy atom. The highest BCUT2D eigenvalue weighted by Crippen LogP contribution is 2.45. The number of hydrogen-bond donors (Lipinski definition) is 0. The van der Waals surface area contributed by atoms with Gasteiger partial charge in [0.15, 0.2) is 0 Å². The van der Waals surface area contributed by atoms with Crippen molar-refractivity contribution in [3.8, 4) is 0 Å². The van der Waals surface area contributed by atoms with E-state index in [1.54, 1.807) is 6.08 Å². The van der Waals surface area contributed by atoms with Gasteiger partial charge in [-0.25, -0.2) is 8.78 Å². The number of allylic oxidation sites excluding steroid dienone is 3. The average molecular weight is 359 g/mol. The summed E-state index contributed by atoms with van der Waals surface area (Å²) in [4.78, 5) is 0. The van der Waals surface area contributed by atoms with Gasteiger partial charge in [0.1, 0.15) is 11.7 Å². The summed E-state index contributed by atoms with van der Waals surface area (Å²) in [6.45, 7) is 3.58. The fraction of sp³-hybridized carbons (Fsp3) is 0.583. The molecule has 0 N–H and O–H groups in total. The van der Waals surface area contributed by atoms with Crippen molar-refractivity contribution in [2.24, 2.45) is 17.8 Å². The Bertz CT molecular complexity index is 588. The standard InChI is InChI=1S/C24H32F2/c1-2-3-9-23(25)24(26)22-16-14-21(15-17-22)20-12-10-19(11-13-20)18-7-5-4-6-8-18/h2,4-8,19-22H,1,3,9-17H2/b24-23+. The van der Waals surface area contributed by atoms with Crippen molar-refractivity contribution in [2.45, 2.75) is 70.1 Å². The van der Waals surface area contributed by atoms with Crippen LogP contribution in [0.25, 0.3) is 0 Å². The molecular formula is C24H32F2. The maximum atomic E-state index is 14.3. The van der Waals surface area contributed by atoms with Crippen LogP contribution >= 0.6 is 0 Å². The molecule has 0 aliphatic heterocycles. The van der Waals surface area contributed by atoms with E-state index in [4.69, 9.17) is 0 Å². The molecule has 2 heteroatoms. The number of halogens is 2. The van der Waals surface area contributed by atoms with E-state index in [-0.39, 0.29) is 12.3 Å². The fourth-order valence-corrected chi connectivity index (χ4v) is 5.06. The van der Waals surface area contributed by atoms with Crippen molar-refractivity contribution in [3.63, 3.8) is 0 Å². The van der Waals surface area contributed by atoms with Crippen LogP contribution in [-0.2, 0) is 0 Å². The van der Waals surface area contributed by atoms with Gasteiger partial charge in [0.25, 0.3) is 0 Å². The number of benzene rings is 1. The van der Waals surface area contributed by atoms with E-state index < -0.39 is 11.7 Å². The van der Waals surface area contributed by atoms with Crippen molar-refractivity contribution in [1.82, 2.24) is 0 Å². The van der Waals surface area contributed by atoms with E-state index in [1.807, 2.05) is 0 Å². The van der Waals surface area contributed by atoms with E-state index in [2.05, 4.69) is 36.9 Å². The van der Waals surface area contributed by atoms with Crippen molar-refractivity contribution in [1.29, 1.82) is 0 Å². The van der Waals surface area contributed by atoms with Crippen LogP contribution in [-0.4, -0.2) is 0 Å². The quantitative estimate of drug-likeness (QED) is 0.454. The Morgan fingerprint density at radius 2 is 1.46 bits per heavy atom. The molecule has 0 nitrogen and oxygen atoms in total. The van der Waals surface area contributed by atoms with Gasteiger partial charge in [0.2, 0.25) is 0 Å². The van der Waals surface area contributed by atoms with E-state index in [9.17, 15) is 8.78 Å². The second kappa shape index (κ2) is 9.48. The van der Waals surface area contributed by atoms with E-state index in [0.29, 0.717) is 18.3 Å². The van der Waals surface area contributed by atoms with Crippen LogP contribution in [0.2, 0.25) is 0 Å². The lowest BCUT2D eigenvalue weighted by atomic mass is 9.68. The molecule has 2 fully saturated rings. The van der Waals surface area contributed by atoms with Crippen LogP contribution < -0.4 is 0 Å². The minimum absolute atomic E-state index is 0.165. The predicted molar refractivity (Wildman–Crippen MR) is 105 cm³/mol. The van der Waals surface area contributed by atoms with Gasteiger partial charge in [-0.3, -0.25) is 0 Å². The van der Waals surface area contributed by atoms with Gasteiger partial charge in [-0.15, -0.1) is 6.58 Å². The molecule has 0 aromatic heterocycles. The first-order valence-corrected chi connectivity index (χ1v) is 10.4. The monoisotopic (exact) mass is 358 g/mol. The third-order valence-corrected chi connectivity index (χ3v) is 6.67. The maximum Gasteiger partial charge on any atom is 0.134 e. The van der Waals surface area contributed by atoms with Crippen LogP contribution in [0.5, 0.6) is 0 Å². The molecule has 26 heavy (non-hydrogen) atoms. The molecule has 142 valence electrons. The Morgan fingerprint density at radius 1 is 0.885 bits per heavy atom. The molecule has 0 radical (unpaired) electrons. The largest absolute Gasteiger partial charge is 0.209 e. The normalized spacial score (nSPS) is 30.5. The lowest BCUT2D eigenvalue weighted by Gasteiger charge is -2.37. The minimum Gasteiger partial charge on any atom is -0.209 e. The zero-order valence-corrected chi connectivity index (χ0v) is 15.8. The van der Waals surface area contributed by atoms with Gasteiger partial charge in [0, 0.05) is 12.3 Å². The van der Waals surface area contributed by atoms with Crippen LogP contribution in [0.4, 0.5) is 8.78 Å². The molecule has 2 aliphatic rings. The van der Waals surface area contributed by atoms with E-state index >= 15 is 0 Å². The first-order valence-electron chi connectivity index (χ1n) is 10.4. The van der Waals surface area contributed by atoms with Gasteiger partial charge in [-0.05, 0) is 81.1 Å². The van der Waals surface area contributed by atoms with Gasteiger partial charge < -0.3 is 0 Å². The van der Waals surface area contributed by atoms with Crippen molar-refractivity contribution in [2.75, 3.05) is 0 Å². The summed E-state index contributed by atoms with van der Waals surface area (Å²) in [7, 11) is 0. The Labute approximate surface area is 157 Å². The highest BCUT2D eigenvalue weighted by atomic mass is 19.2. The molecule has 0 spiro atoms. The summed E-state index contributed by atoms with van der Waals surface area (Å²) in [6.07, 6.45) is 11.2. The van der Waals surface area contributed by atoms with Crippen molar-refractivity contribution in [3.05, 3.63) is 60.2 Å². The van der Waals surface area contributed by atoms with Gasteiger partial charge >= 0.3 is 0 Å². The zero-order valence-electron chi connectivity index (χ0n) is 15.8. The van der Waals surface area contributed by atoms with Crippen molar-refractivity contribution < 1.29 is 8.78 Å². The molecule has 0 bridgehead atoms. The van der Waals surface area contributed by atoms with Gasteiger partial charge in [-0.1, -0.05) is 36.4 Å². The molecule has 3 rings (SSSR count). The second-order valence-corrected chi connectivity index (χ2v) is 8.21. The minimum atomic E-state index is -0.545. The summed E-state index contributed by atoms with van der Waals surface area (Å²) in [5, 5.41) is 0. The highest BCUT2D eigenvalue weighted by molar-refractivity contribution is 5.20. The van der Waals surface area contributed by atoms with Crippen LogP contribution in [0.3, 0.4) is 0 Å². The first kappa shape index (κ1) is 19.3. The van der Waals surface area contributed by atoms with Crippen LogP contribution in [0.15, 0.2) is 54.6 Å². The molecule has 2 saturated carbocycles. The van der Waals surface area contributed by atoms with E-state index in [0.717, 1.165) is 31.6 Å². The highest BCUT2D eigenvalue weighted by Gasteiger charge is 2.33. The molecule has 0 amide bonds. The predicted octanol–water partition coefficient (Wildman–Crippen LogP) is 7.88. The summed E-state index contributed by atoms with van der Waals surface area (Å²) < 4.78 is 28.2. The van der Waals surface area contributed by atoms with Gasteiger partial charge in [-0.2, -0.15) is 0 Å². The molecule has 1 aromatic rings. The molecule has 0 saturated heterocycles. The summed E-state index contributed by atoms with van der Waals surface area (Å²) in [5.74, 6) is 1.01. The van der Waals surface area contributed by atoms with Crippen LogP contribution in [0, 0.1) is 17.8 Å². The summed E-state index contributed by atoms with van der Waals surface area (Å²) in [5.41, 5.74) is 1.48. The third-order valence-electron chi connectivity index (χ3n) is 6.67. The molecule has 0 unspecified atom stereocenters. The smallest absolute Gasteiger partial charge is 0.134 e. The summed E-state index contributed by atoms with van der Waals surface area (Å²) >= 11 is 0. The van der Waals surface area contributed by atoms with Gasteiger partial charge in [0.05, 0.1) is 0 Å².